The van der Waals surface area contributed by atoms with Crippen molar-refractivity contribution in [3.05, 3.63) is 53.8 Å². The van der Waals surface area contributed by atoms with Crippen LogP contribution in [-0.4, -0.2) is 13.0 Å². The van der Waals surface area contributed by atoms with Gasteiger partial charge in [-0.25, -0.2) is 4.39 Å². The predicted octanol–water partition coefficient (Wildman–Crippen LogP) is 2.56. The number of nitrogens with two attached hydrogens (primary N) is 1. The van der Waals surface area contributed by atoms with Gasteiger partial charge in [-0.2, -0.15) is 0 Å². The number of hydrogen-bond acceptors (Lipinski definition) is 3. The maximum atomic E-state index is 13.1. The molecular formula is C14H13FN2O2. The first-order valence-corrected chi connectivity index (χ1v) is 5.65. The van der Waals surface area contributed by atoms with Gasteiger partial charge in [-0.05, 0) is 24.3 Å². The van der Waals surface area contributed by atoms with Gasteiger partial charge in [0.25, 0.3) is 5.91 Å². The van der Waals surface area contributed by atoms with E-state index in [4.69, 9.17) is 10.5 Å². The van der Waals surface area contributed by atoms with E-state index >= 15 is 0 Å². The van der Waals surface area contributed by atoms with Crippen LogP contribution in [0.15, 0.2) is 42.5 Å². The molecular weight excluding hydrogens is 247 g/mol. The Morgan fingerprint density at radius 1 is 1.26 bits per heavy atom. The van der Waals surface area contributed by atoms with E-state index in [1.807, 2.05) is 0 Å². The molecule has 2 aromatic rings. The second-order valence-corrected chi connectivity index (χ2v) is 3.89. The van der Waals surface area contributed by atoms with Gasteiger partial charge >= 0.3 is 0 Å². The fraction of sp³-hybridized carbons (Fsp3) is 0.0714. The molecule has 1 amide bonds. The number of hydrogen-bond donors (Lipinski definition) is 2. The van der Waals surface area contributed by atoms with Crippen molar-refractivity contribution in [1.82, 2.24) is 5.32 Å². The molecule has 0 bridgehead atoms. The molecule has 0 aliphatic carbocycles. The average molecular weight is 260 g/mol. The van der Waals surface area contributed by atoms with E-state index in [9.17, 15) is 9.18 Å². The van der Waals surface area contributed by atoms with Crippen LogP contribution in [0.3, 0.4) is 0 Å². The zero-order valence-electron chi connectivity index (χ0n) is 10.3. The van der Waals surface area contributed by atoms with Crippen molar-refractivity contribution in [2.24, 2.45) is 0 Å². The largest absolute Gasteiger partial charge is 0.456 e. The maximum absolute atomic E-state index is 13.1. The Morgan fingerprint density at radius 3 is 2.74 bits per heavy atom. The minimum absolute atomic E-state index is 0.282. The molecule has 0 aliphatic rings. The van der Waals surface area contributed by atoms with Crippen LogP contribution < -0.4 is 15.8 Å². The normalized spacial score (nSPS) is 10.0. The average Bonchev–Trinajstić information content (AvgIpc) is 2.38. The first-order chi connectivity index (χ1) is 9.10. The molecule has 5 heteroatoms. The van der Waals surface area contributed by atoms with E-state index in [0.717, 1.165) is 0 Å². The number of rotatable bonds is 3. The molecule has 2 rings (SSSR count). The third-order valence-corrected chi connectivity index (χ3v) is 2.50. The van der Waals surface area contributed by atoms with Crippen LogP contribution in [0.25, 0.3) is 0 Å². The van der Waals surface area contributed by atoms with E-state index in [-0.39, 0.29) is 11.7 Å². The highest BCUT2D eigenvalue weighted by Crippen LogP contribution is 2.27. The molecule has 0 aliphatic heterocycles. The Balaban J connectivity index is 2.38. The smallest absolute Gasteiger partial charge is 0.254 e. The third-order valence-electron chi connectivity index (χ3n) is 2.50. The number of carbonyl (C=O) groups is 1. The van der Waals surface area contributed by atoms with Gasteiger partial charge in [0.1, 0.15) is 17.3 Å². The highest BCUT2D eigenvalue weighted by molar-refractivity contribution is 5.97. The van der Waals surface area contributed by atoms with Gasteiger partial charge in [0.05, 0.1) is 5.56 Å². The Labute approximate surface area is 110 Å². The van der Waals surface area contributed by atoms with Gasteiger partial charge in [0.2, 0.25) is 0 Å². The maximum Gasteiger partial charge on any atom is 0.254 e. The van der Waals surface area contributed by atoms with Crippen LogP contribution in [0, 0.1) is 5.82 Å². The molecule has 0 radical (unpaired) electrons. The summed E-state index contributed by atoms with van der Waals surface area (Å²) in [5.41, 5.74) is 6.46. The quantitative estimate of drug-likeness (QED) is 0.833. The first-order valence-electron chi connectivity index (χ1n) is 5.65. The van der Waals surface area contributed by atoms with Crippen LogP contribution in [0.5, 0.6) is 11.5 Å². The van der Waals surface area contributed by atoms with Gasteiger partial charge in [-0.1, -0.05) is 6.07 Å². The fourth-order valence-corrected chi connectivity index (χ4v) is 1.60. The fourth-order valence-electron chi connectivity index (χ4n) is 1.60. The monoisotopic (exact) mass is 260 g/mol. The summed E-state index contributed by atoms with van der Waals surface area (Å²) in [5.74, 6) is -0.130. The molecule has 19 heavy (non-hydrogen) atoms. The minimum Gasteiger partial charge on any atom is -0.456 e. The topological polar surface area (TPSA) is 64.4 Å². The van der Waals surface area contributed by atoms with Crippen LogP contribution >= 0.6 is 0 Å². The SMILES string of the molecule is CNC(=O)c1ccc(N)cc1Oc1cccc(F)c1. The second kappa shape index (κ2) is 5.39. The first kappa shape index (κ1) is 12.9. The highest BCUT2D eigenvalue weighted by Gasteiger charge is 2.12. The number of amides is 1. The van der Waals surface area contributed by atoms with Crippen molar-refractivity contribution < 1.29 is 13.9 Å². The molecule has 0 atom stereocenters. The Kier molecular flexibility index (Phi) is 3.66. The van der Waals surface area contributed by atoms with Crippen LogP contribution in [0.2, 0.25) is 0 Å². The molecule has 98 valence electrons. The lowest BCUT2D eigenvalue weighted by Gasteiger charge is -2.11. The summed E-state index contributed by atoms with van der Waals surface area (Å²) in [4.78, 5) is 11.7. The van der Waals surface area contributed by atoms with Crippen molar-refractivity contribution in [3.63, 3.8) is 0 Å². The number of carbonyl (C=O) groups excluding carboxylic acids is 1. The summed E-state index contributed by atoms with van der Waals surface area (Å²) in [7, 11) is 1.52. The van der Waals surface area contributed by atoms with Crippen molar-refractivity contribution in [1.29, 1.82) is 0 Å². The van der Waals surface area contributed by atoms with E-state index in [1.165, 1.54) is 31.3 Å². The molecule has 0 heterocycles. The van der Waals surface area contributed by atoms with Gasteiger partial charge in [0, 0.05) is 24.9 Å². The number of nitrogen functional groups attached to an aromatic ring is 1. The van der Waals surface area contributed by atoms with E-state index < -0.39 is 5.82 Å². The Morgan fingerprint density at radius 2 is 2.05 bits per heavy atom. The molecule has 0 saturated heterocycles. The summed E-state index contributed by atoms with van der Waals surface area (Å²) >= 11 is 0. The Hall–Kier alpha value is -2.56. The van der Waals surface area contributed by atoms with E-state index in [1.54, 1.807) is 18.2 Å². The second-order valence-electron chi connectivity index (χ2n) is 3.89. The van der Waals surface area contributed by atoms with E-state index in [0.29, 0.717) is 17.0 Å². The zero-order chi connectivity index (χ0) is 13.8. The van der Waals surface area contributed by atoms with Gasteiger partial charge in [-0.15, -0.1) is 0 Å². The lowest BCUT2D eigenvalue weighted by atomic mass is 10.1. The van der Waals surface area contributed by atoms with Gasteiger partial charge in [-0.3, -0.25) is 4.79 Å². The molecule has 0 fully saturated rings. The van der Waals surface area contributed by atoms with Crippen molar-refractivity contribution in [2.75, 3.05) is 12.8 Å². The van der Waals surface area contributed by atoms with Crippen LogP contribution in [0.1, 0.15) is 10.4 Å². The minimum atomic E-state index is -0.414. The number of benzene rings is 2. The third kappa shape index (κ3) is 3.01. The number of ether oxygens (including phenoxy) is 1. The van der Waals surface area contributed by atoms with Gasteiger partial charge in [0.15, 0.2) is 0 Å². The Bertz CT molecular complexity index is 614. The standard InChI is InChI=1S/C14H13FN2O2/c1-17-14(18)12-6-5-10(16)8-13(12)19-11-4-2-3-9(15)7-11/h2-8H,16H2,1H3,(H,17,18). The summed E-state index contributed by atoms with van der Waals surface area (Å²) in [6, 6.07) is 10.3. The lowest BCUT2D eigenvalue weighted by Crippen LogP contribution is -2.18. The van der Waals surface area contributed by atoms with Crippen molar-refractivity contribution in [2.45, 2.75) is 0 Å². The molecule has 0 spiro atoms. The molecule has 3 N–H and O–H groups in total. The van der Waals surface area contributed by atoms with Gasteiger partial charge < -0.3 is 15.8 Å². The number of nitrogens with one attached hydrogen (secondary N) is 1. The number of anilines is 1. The van der Waals surface area contributed by atoms with Crippen molar-refractivity contribution >= 4 is 11.6 Å². The molecule has 2 aromatic carbocycles. The summed E-state index contributed by atoms with van der Waals surface area (Å²) < 4.78 is 18.6. The molecule has 4 nitrogen and oxygen atoms in total. The summed E-state index contributed by atoms with van der Waals surface area (Å²) in [6.07, 6.45) is 0. The van der Waals surface area contributed by atoms with Crippen LogP contribution in [-0.2, 0) is 0 Å². The lowest BCUT2D eigenvalue weighted by molar-refractivity contribution is 0.0961. The predicted molar refractivity (Wildman–Crippen MR) is 70.7 cm³/mol. The number of halogens is 1. The summed E-state index contributed by atoms with van der Waals surface area (Å²) in [5, 5.41) is 2.50. The molecule has 0 saturated carbocycles. The molecule has 0 aromatic heterocycles. The summed E-state index contributed by atoms with van der Waals surface area (Å²) in [6.45, 7) is 0. The highest BCUT2D eigenvalue weighted by atomic mass is 19.1. The van der Waals surface area contributed by atoms with Crippen LogP contribution in [0.4, 0.5) is 10.1 Å². The van der Waals surface area contributed by atoms with Crippen molar-refractivity contribution in [3.8, 4) is 11.5 Å². The molecule has 0 unspecified atom stereocenters. The zero-order valence-corrected chi connectivity index (χ0v) is 10.3. The van der Waals surface area contributed by atoms with E-state index in [2.05, 4.69) is 5.32 Å².